The molecule has 0 bridgehead atoms. The molecular formula is C16H25BrN2. The van der Waals surface area contributed by atoms with E-state index in [0.29, 0.717) is 0 Å². The highest BCUT2D eigenvalue weighted by Gasteiger charge is 2.28. The summed E-state index contributed by atoms with van der Waals surface area (Å²) in [5.41, 5.74) is 8.66. The van der Waals surface area contributed by atoms with Gasteiger partial charge >= 0.3 is 0 Å². The van der Waals surface area contributed by atoms with Crippen LogP contribution >= 0.6 is 15.9 Å². The number of nitrogens with one attached hydrogen (secondary N) is 1. The minimum Gasteiger partial charge on any atom is -0.378 e. The van der Waals surface area contributed by atoms with Gasteiger partial charge in [-0.25, -0.2) is 0 Å². The molecule has 3 N–H and O–H groups in total. The molecule has 0 saturated heterocycles. The van der Waals surface area contributed by atoms with Crippen LogP contribution < -0.4 is 11.1 Å². The van der Waals surface area contributed by atoms with Crippen molar-refractivity contribution in [3.63, 3.8) is 0 Å². The SMILES string of the molecule is Cc1cc(Br)cc(NC2(CN)CCCCCCC2)c1. The van der Waals surface area contributed by atoms with Gasteiger partial charge in [0.1, 0.15) is 0 Å². The van der Waals surface area contributed by atoms with Crippen molar-refractivity contribution in [1.82, 2.24) is 0 Å². The highest BCUT2D eigenvalue weighted by atomic mass is 79.9. The summed E-state index contributed by atoms with van der Waals surface area (Å²) in [6.07, 6.45) is 9.04. The summed E-state index contributed by atoms with van der Waals surface area (Å²) >= 11 is 3.57. The number of nitrogens with two attached hydrogens (primary N) is 1. The van der Waals surface area contributed by atoms with E-state index in [0.717, 1.165) is 11.0 Å². The summed E-state index contributed by atoms with van der Waals surface area (Å²) in [5.74, 6) is 0. The number of benzene rings is 1. The summed E-state index contributed by atoms with van der Waals surface area (Å²) in [6.45, 7) is 2.85. The first-order valence-corrected chi connectivity index (χ1v) is 8.18. The lowest BCUT2D eigenvalue weighted by Crippen LogP contribution is -2.46. The van der Waals surface area contributed by atoms with Crippen LogP contribution in [0.1, 0.15) is 50.5 Å². The van der Waals surface area contributed by atoms with E-state index in [2.05, 4.69) is 46.4 Å². The lowest BCUT2D eigenvalue weighted by atomic mass is 9.83. The van der Waals surface area contributed by atoms with Crippen molar-refractivity contribution in [3.8, 4) is 0 Å². The maximum atomic E-state index is 6.11. The quantitative estimate of drug-likeness (QED) is 0.851. The van der Waals surface area contributed by atoms with Crippen LogP contribution in [-0.2, 0) is 0 Å². The third kappa shape index (κ3) is 4.22. The second kappa shape index (κ2) is 6.76. The smallest absolute Gasteiger partial charge is 0.0495 e. The van der Waals surface area contributed by atoms with E-state index in [4.69, 9.17) is 5.73 Å². The summed E-state index contributed by atoms with van der Waals surface area (Å²) in [6, 6.07) is 6.50. The molecule has 0 unspecified atom stereocenters. The van der Waals surface area contributed by atoms with Gasteiger partial charge in [-0.05, 0) is 43.5 Å². The Morgan fingerprint density at radius 1 is 1.11 bits per heavy atom. The second-order valence-electron chi connectivity index (χ2n) is 5.89. The third-order valence-corrected chi connectivity index (χ3v) is 4.61. The van der Waals surface area contributed by atoms with Crippen molar-refractivity contribution in [2.24, 2.45) is 5.73 Å². The van der Waals surface area contributed by atoms with Gasteiger partial charge in [0, 0.05) is 22.2 Å². The Balaban J connectivity index is 2.15. The highest BCUT2D eigenvalue weighted by Crippen LogP contribution is 2.30. The molecule has 1 saturated carbocycles. The molecule has 0 atom stereocenters. The number of halogens is 1. The molecule has 0 spiro atoms. The second-order valence-corrected chi connectivity index (χ2v) is 6.81. The fourth-order valence-electron chi connectivity index (χ4n) is 3.08. The topological polar surface area (TPSA) is 38.0 Å². The molecule has 19 heavy (non-hydrogen) atoms. The van der Waals surface area contributed by atoms with Crippen molar-refractivity contribution < 1.29 is 0 Å². The summed E-state index contributed by atoms with van der Waals surface area (Å²) in [4.78, 5) is 0. The average Bonchev–Trinajstić information content (AvgIpc) is 2.31. The van der Waals surface area contributed by atoms with Gasteiger partial charge in [-0.2, -0.15) is 0 Å². The maximum Gasteiger partial charge on any atom is 0.0495 e. The van der Waals surface area contributed by atoms with Gasteiger partial charge in [-0.3, -0.25) is 0 Å². The van der Waals surface area contributed by atoms with Crippen LogP contribution in [0.4, 0.5) is 5.69 Å². The summed E-state index contributed by atoms with van der Waals surface area (Å²) in [5, 5.41) is 3.74. The molecule has 1 aromatic rings. The van der Waals surface area contributed by atoms with Crippen molar-refractivity contribution >= 4 is 21.6 Å². The number of rotatable bonds is 3. The first-order chi connectivity index (χ1) is 9.13. The predicted molar refractivity (Wildman–Crippen MR) is 86.6 cm³/mol. The molecule has 1 aliphatic rings. The van der Waals surface area contributed by atoms with E-state index >= 15 is 0 Å². The minimum atomic E-state index is 0.0909. The summed E-state index contributed by atoms with van der Waals surface area (Å²) < 4.78 is 1.13. The zero-order valence-electron chi connectivity index (χ0n) is 11.8. The Hall–Kier alpha value is -0.540. The van der Waals surface area contributed by atoms with Crippen molar-refractivity contribution in [3.05, 3.63) is 28.2 Å². The molecule has 0 radical (unpaired) electrons. The van der Waals surface area contributed by atoms with E-state index in [1.807, 2.05) is 0 Å². The van der Waals surface area contributed by atoms with E-state index in [9.17, 15) is 0 Å². The van der Waals surface area contributed by atoms with Gasteiger partial charge in [-0.1, -0.05) is 48.0 Å². The molecule has 0 aromatic heterocycles. The zero-order valence-corrected chi connectivity index (χ0v) is 13.4. The van der Waals surface area contributed by atoms with Gasteiger partial charge in [0.05, 0.1) is 0 Å². The Labute approximate surface area is 125 Å². The van der Waals surface area contributed by atoms with Crippen molar-refractivity contribution in [1.29, 1.82) is 0 Å². The predicted octanol–water partition coefficient (Wildman–Crippen LogP) is 4.61. The molecule has 1 aromatic carbocycles. The van der Waals surface area contributed by atoms with Crippen LogP contribution in [-0.4, -0.2) is 12.1 Å². The molecule has 1 fully saturated rings. The van der Waals surface area contributed by atoms with Crippen LogP contribution in [0.15, 0.2) is 22.7 Å². The zero-order chi connectivity index (χ0) is 13.7. The molecule has 0 amide bonds. The fourth-order valence-corrected chi connectivity index (χ4v) is 3.68. The minimum absolute atomic E-state index is 0.0909. The molecule has 3 heteroatoms. The molecular weight excluding hydrogens is 300 g/mol. The first kappa shape index (κ1) is 14.9. The maximum absolute atomic E-state index is 6.11. The Morgan fingerprint density at radius 3 is 2.32 bits per heavy atom. The van der Waals surface area contributed by atoms with Gasteiger partial charge in [0.2, 0.25) is 0 Å². The molecule has 0 aliphatic heterocycles. The van der Waals surface area contributed by atoms with E-state index in [1.165, 1.54) is 56.2 Å². The van der Waals surface area contributed by atoms with Crippen molar-refractivity contribution in [2.45, 2.75) is 57.4 Å². The van der Waals surface area contributed by atoms with E-state index in [-0.39, 0.29) is 5.54 Å². The highest BCUT2D eigenvalue weighted by molar-refractivity contribution is 9.10. The fraction of sp³-hybridized carbons (Fsp3) is 0.625. The normalized spacial score (nSPS) is 19.5. The van der Waals surface area contributed by atoms with Crippen LogP contribution in [0, 0.1) is 6.92 Å². The van der Waals surface area contributed by atoms with E-state index in [1.54, 1.807) is 0 Å². The van der Waals surface area contributed by atoms with Crippen molar-refractivity contribution in [2.75, 3.05) is 11.9 Å². The molecule has 2 rings (SSSR count). The molecule has 2 nitrogen and oxygen atoms in total. The average molecular weight is 325 g/mol. The van der Waals surface area contributed by atoms with Gasteiger partial charge in [0.15, 0.2) is 0 Å². The molecule has 106 valence electrons. The molecule has 1 aliphatic carbocycles. The number of anilines is 1. The number of hydrogen-bond acceptors (Lipinski definition) is 2. The van der Waals surface area contributed by atoms with Crippen LogP contribution in [0.25, 0.3) is 0 Å². The van der Waals surface area contributed by atoms with E-state index < -0.39 is 0 Å². The van der Waals surface area contributed by atoms with Crippen LogP contribution in [0.3, 0.4) is 0 Å². The Kier molecular flexibility index (Phi) is 5.28. The Morgan fingerprint density at radius 2 is 1.74 bits per heavy atom. The van der Waals surface area contributed by atoms with Gasteiger partial charge in [-0.15, -0.1) is 0 Å². The summed E-state index contributed by atoms with van der Waals surface area (Å²) in [7, 11) is 0. The van der Waals surface area contributed by atoms with Gasteiger partial charge < -0.3 is 11.1 Å². The molecule has 0 heterocycles. The standard InChI is InChI=1S/C16H25BrN2/c1-13-9-14(17)11-15(10-13)19-16(12-18)7-5-3-2-4-6-8-16/h9-11,19H,2-8,12,18H2,1H3. The van der Waals surface area contributed by atoms with Crippen LogP contribution in [0.5, 0.6) is 0 Å². The number of hydrogen-bond donors (Lipinski definition) is 2. The van der Waals surface area contributed by atoms with Gasteiger partial charge in [0.25, 0.3) is 0 Å². The van der Waals surface area contributed by atoms with Crippen LogP contribution in [0.2, 0.25) is 0 Å². The monoisotopic (exact) mass is 324 g/mol. The Bertz CT molecular complexity index is 389. The lowest BCUT2D eigenvalue weighted by molar-refractivity contribution is 0.351. The first-order valence-electron chi connectivity index (χ1n) is 7.39. The largest absolute Gasteiger partial charge is 0.378 e. The lowest BCUT2D eigenvalue weighted by Gasteiger charge is -2.36. The number of aryl methyl sites for hydroxylation is 1. The third-order valence-electron chi connectivity index (χ3n) is 4.15.